The number of hydrogen-bond donors (Lipinski definition) is 3. The van der Waals surface area contributed by atoms with Crippen LogP contribution in [0.25, 0.3) is 11.3 Å². The van der Waals surface area contributed by atoms with E-state index < -0.39 is 6.10 Å². The summed E-state index contributed by atoms with van der Waals surface area (Å²) in [4.78, 5) is 0. The molecule has 0 radical (unpaired) electrons. The third-order valence-electron chi connectivity index (χ3n) is 4.20. The van der Waals surface area contributed by atoms with E-state index >= 15 is 0 Å². The molecule has 21 heavy (non-hydrogen) atoms. The quantitative estimate of drug-likeness (QED) is 0.814. The summed E-state index contributed by atoms with van der Waals surface area (Å²) in [7, 11) is 0. The van der Waals surface area contributed by atoms with E-state index in [2.05, 4.69) is 22.4 Å². The van der Waals surface area contributed by atoms with Crippen molar-refractivity contribution in [3.63, 3.8) is 0 Å². The summed E-state index contributed by atoms with van der Waals surface area (Å²) in [5.41, 5.74) is 2.34. The zero-order valence-corrected chi connectivity index (χ0v) is 12.0. The Kier molecular flexibility index (Phi) is 4.03. The van der Waals surface area contributed by atoms with Gasteiger partial charge in [-0.1, -0.05) is 6.92 Å². The first-order valence-electron chi connectivity index (χ1n) is 7.36. The van der Waals surface area contributed by atoms with Crippen molar-refractivity contribution in [1.29, 1.82) is 0 Å². The third kappa shape index (κ3) is 2.99. The van der Waals surface area contributed by atoms with Crippen LogP contribution in [0.15, 0.2) is 30.5 Å². The van der Waals surface area contributed by atoms with E-state index in [4.69, 9.17) is 0 Å². The maximum atomic E-state index is 13.0. The summed E-state index contributed by atoms with van der Waals surface area (Å²) in [5.74, 6) is 0.329. The number of aromatic amines is 1. The Morgan fingerprint density at radius 1 is 1.33 bits per heavy atom. The van der Waals surface area contributed by atoms with Gasteiger partial charge in [-0.2, -0.15) is 5.10 Å². The molecule has 1 aromatic heterocycles. The minimum absolute atomic E-state index is 0.0329. The first-order valence-corrected chi connectivity index (χ1v) is 7.36. The number of H-pyrrole nitrogens is 1. The average Bonchev–Trinajstić information content (AvgIpc) is 2.96. The lowest BCUT2D eigenvalue weighted by molar-refractivity contribution is 0.102. The third-order valence-corrected chi connectivity index (χ3v) is 4.20. The standard InChI is InChI=1S/C16H20FN3O/c1-10-6-7-18-14(8-10)16(21)13-9-19-20-15(13)11-2-4-12(17)5-3-11/h2-5,9-10,14,16,18,21H,6-8H2,1H3,(H,19,20). The SMILES string of the molecule is CC1CCNC(C(O)c2cn[nH]c2-c2ccc(F)cc2)C1. The highest BCUT2D eigenvalue weighted by molar-refractivity contribution is 5.63. The molecule has 1 fully saturated rings. The second-order valence-corrected chi connectivity index (χ2v) is 5.84. The number of nitrogens with zero attached hydrogens (tertiary/aromatic N) is 1. The van der Waals surface area contributed by atoms with E-state index in [0.29, 0.717) is 5.92 Å². The van der Waals surface area contributed by atoms with Crippen molar-refractivity contribution < 1.29 is 9.50 Å². The van der Waals surface area contributed by atoms with Gasteiger partial charge in [-0.3, -0.25) is 5.10 Å². The molecule has 2 aromatic rings. The van der Waals surface area contributed by atoms with Crippen molar-refractivity contribution in [3.8, 4) is 11.3 Å². The molecule has 0 aliphatic carbocycles. The molecule has 4 nitrogen and oxygen atoms in total. The maximum Gasteiger partial charge on any atom is 0.123 e. The lowest BCUT2D eigenvalue weighted by atomic mass is 9.88. The number of aromatic nitrogens is 2. The Labute approximate surface area is 123 Å². The number of rotatable bonds is 3. The van der Waals surface area contributed by atoms with Crippen LogP contribution in [0, 0.1) is 11.7 Å². The topological polar surface area (TPSA) is 60.9 Å². The molecule has 5 heteroatoms. The number of halogens is 1. The molecule has 1 aliphatic rings. The van der Waals surface area contributed by atoms with Crippen molar-refractivity contribution in [1.82, 2.24) is 15.5 Å². The fraction of sp³-hybridized carbons (Fsp3) is 0.438. The van der Waals surface area contributed by atoms with Gasteiger partial charge in [0.05, 0.1) is 18.0 Å². The lowest BCUT2D eigenvalue weighted by Gasteiger charge is -2.31. The molecule has 0 bridgehead atoms. The van der Waals surface area contributed by atoms with E-state index in [1.54, 1.807) is 18.3 Å². The number of piperidine rings is 1. The molecule has 2 heterocycles. The number of hydrogen-bond acceptors (Lipinski definition) is 3. The lowest BCUT2D eigenvalue weighted by Crippen LogP contribution is -2.41. The predicted octanol–water partition coefficient (Wildman–Crippen LogP) is 2.64. The molecule has 1 aliphatic heterocycles. The highest BCUT2D eigenvalue weighted by Gasteiger charge is 2.28. The van der Waals surface area contributed by atoms with Crippen molar-refractivity contribution in [2.24, 2.45) is 5.92 Å². The maximum absolute atomic E-state index is 13.0. The summed E-state index contributed by atoms with van der Waals surface area (Å²) in [6.07, 6.45) is 3.12. The van der Waals surface area contributed by atoms with Crippen LogP contribution in [0.3, 0.4) is 0 Å². The van der Waals surface area contributed by atoms with E-state index in [1.807, 2.05) is 0 Å². The van der Waals surface area contributed by atoms with E-state index in [1.165, 1.54) is 12.1 Å². The number of aliphatic hydroxyl groups excluding tert-OH is 1. The van der Waals surface area contributed by atoms with Crippen molar-refractivity contribution in [2.45, 2.75) is 31.9 Å². The van der Waals surface area contributed by atoms with E-state index in [9.17, 15) is 9.50 Å². The van der Waals surface area contributed by atoms with Crippen LogP contribution in [0.2, 0.25) is 0 Å². The van der Waals surface area contributed by atoms with E-state index in [0.717, 1.165) is 36.2 Å². The number of aliphatic hydroxyl groups is 1. The minimum atomic E-state index is -0.619. The van der Waals surface area contributed by atoms with Gasteiger partial charge in [0.15, 0.2) is 0 Å². The fourth-order valence-corrected chi connectivity index (χ4v) is 2.97. The highest BCUT2D eigenvalue weighted by atomic mass is 19.1. The first-order chi connectivity index (χ1) is 10.1. The monoisotopic (exact) mass is 289 g/mol. The van der Waals surface area contributed by atoms with Crippen molar-refractivity contribution in [3.05, 3.63) is 41.8 Å². The smallest absolute Gasteiger partial charge is 0.123 e. The Morgan fingerprint density at radius 3 is 2.81 bits per heavy atom. The molecule has 3 N–H and O–H groups in total. The van der Waals surface area contributed by atoms with Crippen molar-refractivity contribution >= 4 is 0 Å². The average molecular weight is 289 g/mol. The molecule has 3 unspecified atom stereocenters. The van der Waals surface area contributed by atoms with Crippen LogP contribution < -0.4 is 5.32 Å². The highest BCUT2D eigenvalue weighted by Crippen LogP contribution is 2.31. The van der Waals surface area contributed by atoms with Gasteiger partial charge in [-0.25, -0.2) is 4.39 Å². The summed E-state index contributed by atoms with van der Waals surface area (Å²) in [6.45, 7) is 3.13. The normalized spacial score (nSPS) is 24.0. The molecule has 0 amide bonds. The second kappa shape index (κ2) is 5.95. The molecule has 112 valence electrons. The van der Waals surface area contributed by atoms with Crippen LogP contribution >= 0.6 is 0 Å². The van der Waals surface area contributed by atoms with E-state index in [-0.39, 0.29) is 11.9 Å². The van der Waals surface area contributed by atoms with Crippen LogP contribution in [-0.2, 0) is 0 Å². The van der Waals surface area contributed by atoms with Gasteiger partial charge in [0.25, 0.3) is 0 Å². The van der Waals surface area contributed by atoms with Gasteiger partial charge in [0.1, 0.15) is 5.82 Å². The molecule has 0 spiro atoms. The molecule has 0 saturated carbocycles. The molecular weight excluding hydrogens is 269 g/mol. The summed E-state index contributed by atoms with van der Waals surface area (Å²) in [5, 5.41) is 21.0. The van der Waals surface area contributed by atoms with Crippen molar-refractivity contribution in [2.75, 3.05) is 6.54 Å². The molecule has 1 aromatic carbocycles. The molecular formula is C16H20FN3O. The largest absolute Gasteiger partial charge is 0.387 e. The van der Waals surface area contributed by atoms with Gasteiger partial charge >= 0.3 is 0 Å². The van der Waals surface area contributed by atoms with Gasteiger partial charge < -0.3 is 10.4 Å². The van der Waals surface area contributed by atoms with Gasteiger partial charge in [-0.05, 0) is 49.6 Å². The zero-order valence-electron chi connectivity index (χ0n) is 12.0. The van der Waals surface area contributed by atoms with Crippen LogP contribution in [0.1, 0.15) is 31.4 Å². The van der Waals surface area contributed by atoms with Crippen LogP contribution in [0.4, 0.5) is 4.39 Å². The Balaban J connectivity index is 1.86. The number of benzene rings is 1. The first kappa shape index (κ1) is 14.2. The number of nitrogens with one attached hydrogen (secondary N) is 2. The summed E-state index contributed by atoms with van der Waals surface area (Å²) in [6, 6.07) is 6.23. The zero-order chi connectivity index (χ0) is 14.8. The fourth-order valence-electron chi connectivity index (χ4n) is 2.97. The molecule has 1 saturated heterocycles. The molecule has 3 atom stereocenters. The minimum Gasteiger partial charge on any atom is -0.387 e. The van der Waals surface area contributed by atoms with Gasteiger partial charge in [0, 0.05) is 17.2 Å². The van der Waals surface area contributed by atoms with Gasteiger partial charge in [-0.15, -0.1) is 0 Å². The summed E-state index contributed by atoms with van der Waals surface area (Å²) >= 11 is 0. The van der Waals surface area contributed by atoms with Crippen LogP contribution in [-0.4, -0.2) is 27.9 Å². The van der Waals surface area contributed by atoms with Gasteiger partial charge in [0.2, 0.25) is 0 Å². The predicted molar refractivity (Wildman–Crippen MR) is 79.1 cm³/mol. The Hall–Kier alpha value is -1.72. The van der Waals surface area contributed by atoms with Crippen LogP contribution in [0.5, 0.6) is 0 Å². The Bertz CT molecular complexity index is 596. The Morgan fingerprint density at radius 2 is 2.10 bits per heavy atom. The molecule has 3 rings (SSSR count). The second-order valence-electron chi connectivity index (χ2n) is 5.84. The summed E-state index contributed by atoms with van der Waals surface area (Å²) < 4.78 is 13.0.